The second kappa shape index (κ2) is 10.8. The molecule has 7 rings (SSSR count). The Bertz CT molecular complexity index is 2130. The first-order valence-electron chi connectivity index (χ1n) is 14.0. The van der Waals surface area contributed by atoms with Gasteiger partial charge in [0.2, 0.25) is 0 Å². The third-order valence-electron chi connectivity index (χ3n) is 8.01. The van der Waals surface area contributed by atoms with Gasteiger partial charge in [-0.2, -0.15) is 0 Å². The molecule has 0 spiro atoms. The van der Waals surface area contributed by atoms with Crippen molar-refractivity contribution in [3.63, 3.8) is 0 Å². The van der Waals surface area contributed by atoms with Crippen molar-refractivity contribution in [2.75, 3.05) is 0 Å². The van der Waals surface area contributed by atoms with Crippen molar-refractivity contribution in [3.8, 4) is 22.3 Å². The molecule has 0 aliphatic heterocycles. The molecule has 42 heavy (non-hydrogen) atoms. The summed E-state index contributed by atoms with van der Waals surface area (Å²) >= 11 is 0. The summed E-state index contributed by atoms with van der Waals surface area (Å²) in [7, 11) is 0. The van der Waals surface area contributed by atoms with Crippen LogP contribution >= 0.6 is 0 Å². The van der Waals surface area contributed by atoms with Crippen molar-refractivity contribution < 1.29 is 0 Å². The van der Waals surface area contributed by atoms with E-state index in [0.29, 0.717) is 0 Å². The minimum absolute atomic E-state index is 0.991. The highest BCUT2D eigenvalue weighted by molar-refractivity contribution is 6.26. The highest BCUT2D eigenvalue weighted by atomic mass is 14.6. The van der Waals surface area contributed by atoms with Crippen LogP contribution in [0.15, 0.2) is 140 Å². The van der Waals surface area contributed by atoms with Gasteiger partial charge in [-0.25, -0.2) is 0 Å². The maximum atomic E-state index is 6.26. The molecule has 0 fully saturated rings. The van der Waals surface area contributed by atoms with Crippen LogP contribution in [0.3, 0.4) is 0 Å². The fourth-order valence-electron chi connectivity index (χ4n) is 6.05. The molecule has 0 unspecified atom stereocenters. The van der Waals surface area contributed by atoms with Crippen molar-refractivity contribution in [3.05, 3.63) is 152 Å². The van der Waals surface area contributed by atoms with E-state index in [1.165, 1.54) is 32.3 Å². The van der Waals surface area contributed by atoms with Gasteiger partial charge in [-0.15, -0.1) is 0 Å². The second-order valence-electron chi connectivity index (χ2n) is 10.2. The molecule has 0 aliphatic rings. The molecule has 4 nitrogen and oxygen atoms in total. The summed E-state index contributed by atoms with van der Waals surface area (Å²) < 4.78 is 0. The molecule has 2 N–H and O–H groups in total. The number of nitrogens with zero attached hydrogens (tertiary/aromatic N) is 3. The topological polar surface area (TPSA) is 64.7 Å². The van der Waals surface area contributed by atoms with Gasteiger partial charge in [-0.1, -0.05) is 54.6 Å². The summed E-state index contributed by atoms with van der Waals surface area (Å²) in [6.07, 6.45) is 14.9. The Morgan fingerprint density at radius 2 is 1.14 bits per heavy atom. The molecule has 0 radical (unpaired) electrons. The van der Waals surface area contributed by atoms with Gasteiger partial charge >= 0.3 is 0 Å². The van der Waals surface area contributed by atoms with Crippen LogP contribution in [0.25, 0.3) is 65.7 Å². The van der Waals surface area contributed by atoms with Gasteiger partial charge in [0.25, 0.3) is 0 Å². The first-order valence-corrected chi connectivity index (χ1v) is 14.0. The lowest BCUT2D eigenvalue weighted by Gasteiger charge is -2.16. The summed E-state index contributed by atoms with van der Waals surface area (Å²) in [6, 6.07) is 32.3. The van der Waals surface area contributed by atoms with Crippen molar-refractivity contribution in [1.29, 1.82) is 0 Å². The first-order chi connectivity index (χ1) is 20.8. The Balaban J connectivity index is 1.43. The maximum Gasteiger partial charge on any atom is 0.0352 e. The largest absolute Gasteiger partial charge is 0.404 e. The maximum absolute atomic E-state index is 6.26. The lowest BCUT2D eigenvalue weighted by molar-refractivity contribution is 1.31. The molecule has 3 aromatic heterocycles. The van der Waals surface area contributed by atoms with E-state index in [9.17, 15) is 0 Å². The van der Waals surface area contributed by atoms with E-state index in [1.807, 2.05) is 68.4 Å². The third kappa shape index (κ3) is 4.30. The lowest BCUT2D eigenvalue weighted by Crippen LogP contribution is -1.95. The predicted molar refractivity (Wildman–Crippen MR) is 175 cm³/mol. The Morgan fingerprint density at radius 3 is 1.83 bits per heavy atom. The van der Waals surface area contributed by atoms with Gasteiger partial charge in [0.05, 0.1) is 0 Å². The summed E-state index contributed by atoms with van der Waals surface area (Å²) in [5.41, 5.74) is 15.0. The predicted octanol–water partition coefficient (Wildman–Crippen LogP) is 9.07. The van der Waals surface area contributed by atoms with E-state index in [0.717, 1.165) is 44.5 Å². The average Bonchev–Trinajstić information content (AvgIpc) is 3.07. The van der Waals surface area contributed by atoms with E-state index < -0.39 is 0 Å². The zero-order valence-electron chi connectivity index (χ0n) is 23.2. The number of allylic oxidation sites excluding steroid dienone is 3. The molecule has 4 heteroatoms. The van der Waals surface area contributed by atoms with Crippen LogP contribution in [0.1, 0.15) is 18.1 Å². The second-order valence-corrected chi connectivity index (χ2v) is 10.2. The summed E-state index contributed by atoms with van der Waals surface area (Å²) in [6.45, 7) is 2.04. The molecule has 3 heterocycles. The number of nitrogens with two attached hydrogens (primary N) is 1. The fourth-order valence-corrected chi connectivity index (χ4v) is 6.05. The number of aromatic nitrogens is 3. The minimum atomic E-state index is 0.991. The Kier molecular flexibility index (Phi) is 6.49. The number of hydrogen-bond donors (Lipinski definition) is 1. The van der Waals surface area contributed by atoms with E-state index in [2.05, 4.69) is 87.8 Å². The Labute approximate surface area is 244 Å². The number of benzene rings is 4. The van der Waals surface area contributed by atoms with Gasteiger partial charge in [-0.3, -0.25) is 15.0 Å². The normalized spacial score (nSPS) is 12.3. The highest BCUT2D eigenvalue weighted by Gasteiger charge is 2.15. The number of rotatable bonds is 5. The monoisotopic (exact) mass is 540 g/mol. The van der Waals surface area contributed by atoms with E-state index in [1.54, 1.807) is 6.20 Å². The fraction of sp³-hybridized carbons (Fsp3) is 0.0263. The first kappa shape index (κ1) is 25.4. The van der Waals surface area contributed by atoms with Crippen molar-refractivity contribution >= 4 is 43.5 Å². The van der Waals surface area contributed by atoms with E-state index >= 15 is 0 Å². The molecule has 0 aliphatic carbocycles. The van der Waals surface area contributed by atoms with Crippen molar-refractivity contribution in [2.45, 2.75) is 6.92 Å². The Morgan fingerprint density at radius 1 is 0.524 bits per heavy atom. The Hall–Kier alpha value is -5.61. The van der Waals surface area contributed by atoms with Crippen molar-refractivity contribution in [1.82, 2.24) is 15.0 Å². The zero-order valence-corrected chi connectivity index (χ0v) is 23.2. The average molecular weight is 541 g/mol. The summed E-state index contributed by atoms with van der Waals surface area (Å²) in [5, 5.41) is 7.27. The van der Waals surface area contributed by atoms with Crippen LogP contribution in [0.2, 0.25) is 0 Å². The quantitative estimate of drug-likeness (QED) is 0.175. The van der Waals surface area contributed by atoms with Crippen LogP contribution in [-0.4, -0.2) is 15.0 Å². The third-order valence-corrected chi connectivity index (χ3v) is 8.01. The van der Waals surface area contributed by atoms with Gasteiger partial charge in [0.15, 0.2) is 0 Å². The van der Waals surface area contributed by atoms with E-state index in [4.69, 9.17) is 5.73 Å². The van der Waals surface area contributed by atoms with Gasteiger partial charge in [0, 0.05) is 54.5 Å². The van der Waals surface area contributed by atoms with Crippen LogP contribution in [0, 0.1) is 0 Å². The van der Waals surface area contributed by atoms with Crippen molar-refractivity contribution in [2.24, 2.45) is 5.73 Å². The lowest BCUT2D eigenvalue weighted by atomic mass is 9.88. The van der Waals surface area contributed by atoms with Crippen LogP contribution in [-0.2, 0) is 0 Å². The van der Waals surface area contributed by atoms with Gasteiger partial charge < -0.3 is 5.73 Å². The molecule has 4 aromatic carbocycles. The van der Waals surface area contributed by atoms with Crippen LogP contribution in [0.4, 0.5) is 0 Å². The summed E-state index contributed by atoms with van der Waals surface area (Å²) in [5.74, 6) is 0. The van der Waals surface area contributed by atoms with Crippen LogP contribution in [0.5, 0.6) is 0 Å². The molecule has 0 saturated heterocycles. The standard InChI is InChI=1S/C38H28N4/c1-2-29(25-11-16-40-17-12-25)37(23-39)27-7-9-33-34-10-8-28(22-36(34)32-6-4-3-5-31(32)35(33)21-27)38-24-42-20-15-30(38)26-13-18-41-19-14-26/h2-24H,39H2,1H3/b29-2-,37-23-. The molecular weight excluding hydrogens is 512 g/mol. The smallest absolute Gasteiger partial charge is 0.0352 e. The van der Waals surface area contributed by atoms with E-state index in [-0.39, 0.29) is 0 Å². The minimum Gasteiger partial charge on any atom is -0.404 e. The number of hydrogen-bond acceptors (Lipinski definition) is 4. The van der Waals surface area contributed by atoms with Gasteiger partial charge in [0.1, 0.15) is 0 Å². The molecule has 0 amide bonds. The molecule has 0 bridgehead atoms. The molecule has 7 aromatic rings. The van der Waals surface area contributed by atoms with Crippen LogP contribution < -0.4 is 5.73 Å². The number of fused-ring (bicyclic) bond motifs is 6. The zero-order chi connectivity index (χ0) is 28.5. The highest BCUT2D eigenvalue weighted by Crippen LogP contribution is 2.41. The molecular formula is C38H28N4. The number of pyridine rings is 3. The SMILES string of the molecule is C/C=C(\C(=C/N)c1ccc2c3ccc(-c4cnccc4-c4ccncc4)cc3c3ccccc3c2c1)c1ccncc1. The summed E-state index contributed by atoms with van der Waals surface area (Å²) in [4.78, 5) is 12.9. The molecule has 200 valence electrons. The molecule has 0 atom stereocenters. The van der Waals surface area contributed by atoms with Gasteiger partial charge in [-0.05, 0) is 115 Å². The molecule has 0 saturated carbocycles.